The molecule has 7 nitrogen and oxygen atoms in total. The molecule has 1 atom stereocenters. The Morgan fingerprint density at radius 1 is 1.08 bits per heavy atom. The lowest BCUT2D eigenvalue weighted by molar-refractivity contribution is -0.142. The molecular formula is C15H16F3N3O4. The van der Waals surface area contributed by atoms with Crippen LogP contribution in [0.1, 0.15) is 22.9 Å². The molecule has 10 heteroatoms. The molecule has 0 aliphatic carbocycles. The van der Waals surface area contributed by atoms with Gasteiger partial charge in [0.2, 0.25) is 11.7 Å². The molecule has 0 spiro atoms. The second kappa shape index (κ2) is 7.01. The number of nitrogens with two attached hydrogens (primary N) is 1. The van der Waals surface area contributed by atoms with Crippen molar-refractivity contribution in [3.05, 3.63) is 35.2 Å². The van der Waals surface area contributed by atoms with E-state index in [0.29, 0.717) is 0 Å². The standard InChI is InChI=1S/C15H16F3N3O4/c1-23-9-4-7(5-10(24-2)12(9)25-3)11(22)8-6-20-14(19)21-13(8)15(16,17)18/h4-6,11,22H,1-3H3,(H2,19,20,21). The van der Waals surface area contributed by atoms with Gasteiger partial charge in [0.1, 0.15) is 6.10 Å². The summed E-state index contributed by atoms with van der Waals surface area (Å²) in [6, 6.07) is 2.67. The van der Waals surface area contributed by atoms with Gasteiger partial charge in [-0.25, -0.2) is 9.97 Å². The molecule has 136 valence electrons. The zero-order valence-corrected chi connectivity index (χ0v) is 13.6. The van der Waals surface area contributed by atoms with E-state index in [-0.39, 0.29) is 22.8 Å². The Balaban J connectivity index is 2.61. The SMILES string of the molecule is COc1cc(C(O)c2cnc(N)nc2C(F)(F)F)cc(OC)c1OC. The molecule has 2 aromatic rings. The zero-order chi connectivity index (χ0) is 18.8. The average molecular weight is 359 g/mol. The van der Waals surface area contributed by atoms with Gasteiger partial charge in [-0.3, -0.25) is 0 Å². The van der Waals surface area contributed by atoms with Crippen LogP contribution in [-0.4, -0.2) is 36.4 Å². The molecule has 0 saturated heterocycles. The maximum absolute atomic E-state index is 13.2. The molecule has 0 aliphatic heterocycles. The van der Waals surface area contributed by atoms with Crippen molar-refractivity contribution in [2.45, 2.75) is 12.3 Å². The number of halogens is 3. The highest BCUT2D eigenvalue weighted by Crippen LogP contribution is 2.42. The number of rotatable bonds is 5. The fourth-order valence-electron chi connectivity index (χ4n) is 2.27. The van der Waals surface area contributed by atoms with Crippen LogP contribution in [0.3, 0.4) is 0 Å². The van der Waals surface area contributed by atoms with Crippen molar-refractivity contribution in [2.24, 2.45) is 0 Å². The maximum atomic E-state index is 13.2. The van der Waals surface area contributed by atoms with Gasteiger partial charge in [0.25, 0.3) is 0 Å². The Morgan fingerprint density at radius 3 is 2.08 bits per heavy atom. The number of ether oxygens (including phenoxy) is 3. The van der Waals surface area contributed by atoms with E-state index in [1.165, 1.54) is 33.5 Å². The first-order valence-corrected chi connectivity index (χ1v) is 6.90. The normalized spacial score (nSPS) is 12.6. The van der Waals surface area contributed by atoms with Crippen LogP contribution in [0.5, 0.6) is 17.2 Å². The third-order valence-electron chi connectivity index (χ3n) is 3.40. The number of anilines is 1. The van der Waals surface area contributed by atoms with Crippen LogP contribution in [0.25, 0.3) is 0 Å². The van der Waals surface area contributed by atoms with Gasteiger partial charge in [-0.2, -0.15) is 13.2 Å². The first-order valence-electron chi connectivity index (χ1n) is 6.90. The molecule has 1 heterocycles. The molecule has 0 radical (unpaired) electrons. The number of aromatic nitrogens is 2. The number of nitrogen functional groups attached to an aromatic ring is 1. The number of hydrogen-bond acceptors (Lipinski definition) is 7. The Kier molecular flexibility index (Phi) is 5.21. The molecule has 1 aromatic carbocycles. The highest BCUT2D eigenvalue weighted by molar-refractivity contribution is 5.55. The average Bonchev–Trinajstić information content (AvgIpc) is 2.58. The van der Waals surface area contributed by atoms with E-state index in [9.17, 15) is 18.3 Å². The van der Waals surface area contributed by atoms with Crippen LogP contribution < -0.4 is 19.9 Å². The lowest BCUT2D eigenvalue weighted by Crippen LogP contribution is -2.17. The molecule has 0 saturated carbocycles. The summed E-state index contributed by atoms with van der Waals surface area (Å²) in [5.74, 6) is 0.0559. The Bertz CT molecular complexity index is 743. The minimum atomic E-state index is -4.81. The van der Waals surface area contributed by atoms with Gasteiger partial charge in [0, 0.05) is 11.8 Å². The first kappa shape index (κ1) is 18.6. The number of hydrogen-bond donors (Lipinski definition) is 2. The predicted molar refractivity (Wildman–Crippen MR) is 81.6 cm³/mol. The quantitative estimate of drug-likeness (QED) is 0.844. The van der Waals surface area contributed by atoms with E-state index in [1.807, 2.05) is 0 Å². The minimum absolute atomic E-state index is 0.0772. The minimum Gasteiger partial charge on any atom is -0.493 e. The van der Waals surface area contributed by atoms with Gasteiger partial charge in [0.15, 0.2) is 17.2 Å². The van der Waals surface area contributed by atoms with Crippen molar-refractivity contribution in [2.75, 3.05) is 27.1 Å². The van der Waals surface area contributed by atoms with Gasteiger partial charge in [-0.15, -0.1) is 0 Å². The summed E-state index contributed by atoms with van der Waals surface area (Å²) >= 11 is 0. The summed E-state index contributed by atoms with van der Waals surface area (Å²) in [5.41, 5.74) is 3.45. The second-order valence-electron chi connectivity index (χ2n) is 4.89. The van der Waals surface area contributed by atoms with Gasteiger partial charge in [-0.1, -0.05) is 0 Å². The highest BCUT2D eigenvalue weighted by atomic mass is 19.4. The number of nitrogens with zero attached hydrogens (tertiary/aromatic N) is 2. The summed E-state index contributed by atoms with van der Waals surface area (Å²) in [6.07, 6.45) is -5.67. The topological polar surface area (TPSA) is 99.7 Å². The predicted octanol–water partition coefficient (Wildman–Crippen LogP) is 2.19. The highest BCUT2D eigenvalue weighted by Gasteiger charge is 2.38. The Hall–Kier alpha value is -2.75. The van der Waals surface area contributed by atoms with Gasteiger partial charge < -0.3 is 25.1 Å². The summed E-state index contributed by atoms with van der Waals surface area (Å²) in [4.78, 5) is 6.74. The molecule has 0 amide bonds. The lowest BCUT2D eigenvalue weighted by Gasteiger charge is -2.19. The van der Waals surface area contributed by atoms with Gasteiger partial charge in [-0.05, 0) is 17.7 Å². The smallest absolute Gasteiger partial charge is 0.433 e. The van der Waals surface area contributed by atoms with E-state index >= 15 is 0 Å². The number of aliphatic hydroxyl groups excluding tert-OH is 1. The van der Waals surface area contributed by atoms with Crippen LogP contribution in [0.15, 0.2) is 18.3 Å². The molecule has 0 bridgehead atoms. The summed E-state index contributed by atoms with van der Waals surface area (Å²) in [7, 11) is 4.08. The summed E-state index contributed by atoms with van der Waals surface area (Å²) in [5, 5.41) is 10.5. The number of aliphatic hydroxyl groups is 1. The first-order chi connectivity index (χ1) is 11.7. The van der Waals surface area contributed by atoms with Crippen molar-refractivity contribution < 1.29 is 32.5 Å². The third-order valence-corrected chi connectivity index (χ3v) is 3.40. The molecule has 1 aromatic heterocycles. The molecule has 25 heavy (non-hydrogen) atoms. The second-order valence-corrected chi connectivity index (χ2v) is 4.89. The van der Waals surface area contributed by atoms with Crippen LogP contribution in [-0.2, 0) is 6.18 Å². The monoisotopic (exact) mass is 359 g/mol. The van der Waals surface area contributed by atoms with Crippen LogP contribution >= 0.6 is 0 Å². The molecule has 0 aliphatic rings. The fraction of sp³-hybridized carbons (Fsp3) is 0.333. The Labute approximate surface area is 141 Å². The Morgan fingerprint density at radius 2 is 1.64 bits per heavy atom. The van der Waals surface area contributed by atoms with Crippen molar-refractivity contribution in [3.63, 3.8) is 0 Å². The lowest BCUT2D eigenvalue weighted by atomic mass is 10.00. The van der Waals surface area contributed by atoms with E-state index in [0.717, 1.165) is 6.20 Å². The molecule has 3 N–H and O–H groups in total. The zero-order valence-electron chi connectivity index (χ0n) is 13.6. The van der Waals surface area contributed by atoms with Crippen LogP contribution in [0.4, 0.5) is 19.1 Å². The van der Waals surface area contributed by atoms with Gasteiger partial charge >= 0.3 is 6.18 Å². The van der Waals surface area contributed by atoms with Crippen molar-refractivity contribution in [1.82, 2.24) is 9.97 Å². The summed E-state index contributed by atoms with van der Waals surface area (Å²) in [6.45, 7) is 0. The third kappa shape index (κ3) is 3.68. The molecular weight excluding hydrogens is 343 g/mol. The van der Waals surface area contributed by atoms with E-state index < -0.39 is 29.5 Å². The number of alkyl halides is 3. The molecule has 0 fully saturated rings. The number of methoxy groups -OCH3 is 3. The van der Waals surface area contributed by atoms with Gasteiger partial charge in [0.05, 0.1) is 21.3 Å². The van der Waals surface area contributed by atoms with Crippen LogP contribution in [0, 0.1) is 0 Å². The van der Waals surface area contributed by atoms with E-state index in [4.69, 9.17) is 19.9 Å². The summed E-state index contributed by atoms with van der Waals surface area (Å²) < 4.78 is 55.0. The van der Waals surface area contributed by atoms with Crippen molar-refractivity contribution in [3.8, 4) is 17.2 Å². The number of benzene rings is 1. The van der Waals surface area contributed by atoms with E-state index in [1.54, 1.807) is 0 Å². The maximum Gasteiger partial charge on any atom is 0.433 e. The van der Waals surface area contributed by atoms with Crippen molar-refractivity contribution in [1.29, 1.82) is 0 Å². The fourth-order valence-corrected chi connectivity index (χ4v) is 2.27. The largest absolute Gasteiger partial charge is 0.493 e. The molecule has 1 unspecified atom stereocenters. The molecule has 2 rings (SSSR count). The van der Waals surface area contributed by atoms with Crippen molar-refractivity contribution >= 4 is 5.95 Å². The van der Waals surface area contributed by atoms with E-state index in [2.05, 4.69) is 9.97 Å². The van der Waals surface area contributed by atoms with Crippen LogP contribution in [0.2, 0.25) is 0 Å².